The summed E-state index contributed by atoms with van der Waals surface area (Å²) in [6.07, 6.45) is 4.47. The normalized spacial score (nSPS) is 11.4. The fourth-order valence-corrected chi connectivity index (χ4v) is 3.83. The predicted octanol–water partition coefficient (Wildman–Crippen LogP) is 3.10. The van der Waals surface area contributed by atoms with E-state index in [-0.39, 0.29) is 23.9 Å². The van der Waals surface area contributed by atoms with Crippen LogP contribution in [-0.2, 0) is 27.9 Å². The second-order valence-corrected chi connectivity index (χ2v) is 8.47. The number of carbonyl (C=O) groups excluding carboxylic acids is 1. The summed E-state index contributed by atoms with van der Waals surface area (Å²) in [4.78, 5) is 12.3. The van der Waals surface area contributed by atoms with Gasteiger partial charge in [-0.05, 0) is 48.0 Å². The number of hydrogen-bond acceptors (Lipinski definition) is 6. The summed E-state index contributed by atoms with van der Waals surface area (Å²) < 4.78 is 42.8. The van der Waals surface area contributed by atoms with E-state index in [0.29, 0.717) is 22.8 Å². The average molecular weight is 457 g/mol. The Bertz CT molecular complexity index is 1170. The molecule has 0 aliphatic rings. The van der Waals surface area contributed by atoms with E-state index in [2.05, 4.69) is 10.0 Å². The molecule has 1 amide bonds. The van der Waals surface area contributed by atoms with Gasteiger partial charge >= 0.3 is 0 Å². The molecule has 0 bridgehead atoms. The Morgan fingerprint density at radius 3 is 2.47 bits per heavy atom. The summed E-state index contributed by atoms with van der Waals surface area (Å²) in [5.41, 5.74) is 1.50. The highest BCUT2D eigenvalue weighted by molar-refractivity contribution is 7.89. The minimum Gasteiger partial charge on any atom is -0.497 e. The van der Waals surface area contributed by atoms with E-state index < -0.39 is 10.0 Å². The van der Waals surface area contributed by atoms with Gasteiger partial charge in [-0.25, -0.2) is 13.1 Å². The van der Waals surface area contributed by atoms with Gasteiger partial charge in [0.25, 0.3) is 0 Å². The molecule has 168 valence electrons. The number of carbonyl (C=O) groups is 1. The van der Waals surface area contributed by atoms with E-state index in [0.717, 1.165) is 5.56 Å². The molecule has 0 aliphatic carbocycles. The van der Waals surface area contributed by atoms with Gasteiger partial charge in [-0.15, -0.1) is 0 Å². The SMILES string of the molecule is COc1ccc(CNC(=O)/C=C/c2ccc(S(=O)(=O)NCc3ccco3)cc2)c(OC)c1. The van der Waals surface area contributed by atoms with Gasteiger partial charge in [0.2, 0.25) is 15.9 Å². The van der Waals surface area contributed by atoms with Crippen LogP contribution >= 0.6 is 0 Å². The molecule has 32 heavy (non-hydrogen) atoms. The predicted molar refractivity (Wildman–Crippen MR) is 120 cm³/mol. The summed E-state index contributed by atoms with van der Waals surface area (Å²) in [6.45, 7) is 0.352. The van der Waals surface area contributed by atoms with Crippen LogP contribution in [0.4, 0.5) is 0 Å². The molecular weight excluding hydrogens is 432 g/mol. The molecular formula is C23H24N2O6S. The highest BCUT2D eigenvalue weighted by Crippen LogP contribution is 2.24. The first kappa shape index (κ1) is 23.1. The standard InChI is InChI=1S/C23H24N2O6S/c1-29-19-9-8-18(22(14-19)30-2)15-24-23(26)12-7-17-5-10-21(11-6-17)32(27,28)25-16-20-4-3-13-31-20/h3-14,25H,15-16H2,1-2H3,(H,24,26)/b12-7+. The molecule has 0 unspecified atom stereocenters. The average Bonchev–Trinajstić information content (AvgIpc) is 3.34. The summed E-state index contributed by atoms with van der Waals surface area (Å²) in [5.74, 6) is 1.51. The number of ether oxygens (including phenoxy) is 2. The van der Waals surface area contributed by atoms with Crippen LogP contribution in [0.5, 0.6) is 11.5 Å². The molecule has 1 aromatic heterocycles. The van der Waals surface area contributed by atoms with Crippen LogP contribution in [-0.4, -0.2) is 28.5 Å². The molecule has 3 rings (SSSR count). The highest BCUT2D eigenvalue weighted by Gasteiger charge is 2.14. The van der Waals surface area contributed by atoms with E-state index in [1.165, 1.54) is 24.5 Å². The monoisotopic (exact) mass is 456 g/mol. The van der Waals surface area contributed by atoms with Crippen LogP contribution in [0.25, 0.3) is 6.08 Å². The zero-order valence-electron chi connectivity index (χ0n) is 17.7. The van der Waals surface area contributed by atoms with Crippen molar-refractivity contribution in [3.05, 3.63) is 83.8 Å². The fraction of sp³-hybridized carbons (Fsp3) is 0.174. The van der Waals surface area contributed by atoms with Crippen molar-refractivity contribution in [3.63, 3.8) is 0 Å². The lowest BCUT2D eigenvalue weighted by Gasteiger charge is -2.10. The Kier molecular flexibility index (Phi) is 7.69. The van der Waals surface area contributed by atoms with Crippen LogP contribution in [0, 0.1) is 0 Å². The molecule has 9 heteroatoms. The zero-order valence-corrected chi connectivity index (χ0v) is 18.5. The molecule has 8 nitrogen and oxygen atoms in total. The number of nitrogens with one attached hydrogen (secondary N) is 2. The molecule has 2 aromatic carbocycles. The van der Waals surface area contributed by atoms with E-state index >= 15 is 0 Å². The first-order valence-corrected chi connectivity index (χ1v) is 11.2. The van der Waals surface area contributed by atoms with Crippen molar-refractivity contribution >= 4 is 22.0 Å². The topological polar surface area (TPSA) is 107 Å². The summed E-state index contributed by atoms with van der Waals surface area (Å²) >= 11 is 0. The molecule has 0 saturated heterocycles. The molecule has 0 saturated carbocycles. The van der Waals surface area contributed by atoms with E-state index in [1.807, 2.05) is 6.07 Å². The van der Waals surface area contributed by atoms with Gasteiger partial charge in [-0.2, -0.15) is 0 Å². The number of methoxy groups -OCH3 is 2. The molecule has 0 atom stereocenters. The van der Waals surface area contributed by atoms with Crippen LogP contribution < -0.4 is 19.5 Å². The Balaban J connectivity index is 1.55. The third kappa shape index (κ3) is 6.22. The van der Waals surface area contributed by atoms with E-state index in [4.69, 9.17) is 13.9 Å². The molecule has 0 radical (unpaired) electrons. The van der Waals surface area contributed by atoms with Gasteiger partial charge < -0.3 is 19.2 Å². The Morgan fingerprint density at radius 1 is 1.03 bits per heavy atom. The van der Waals surface area contributed by atoms with Gasteiger partial charge in [0.15, 0.2) is 0 Å². The highest BCUT2D eigenvalue weighted by atomic mass is 32.2. The van der Waals surface area contributed by atoms with Crippen LogP contribution in [0.1, 0.15) is 16.9 Å². The van der Waals surface area contributed by atoms with Crippen molar-refractivity contribution in [1.29, 1.82) is 0 Å². The zero-order chi connectivity index (χ0) is 23.0. The van der Waals surface area contributed by atoms with Gasteiger partial charge in [0.1, 0.15) is 17.3 Å². The number of hydrogen-bond donors (Lipinski definition) is 2. The maximum Gasteiger partial charge on any atom is 0.244 e. The number of sulfonamides is 1. The Morgan fingerprint density at radius 2 is 1.81 bits per heavy atom. The summed E-state index contributed by atoms with van der Waals surface area (Å²) in [5, 5.41) is 2.79. The maximum absolute atomic E-state index is 12.4. The molecule has 0 fully saturated rings. The van der Waals surface area contributed by atoms with Gasteiger partial charge in [0, 0.05) is 24.3 Å². The third-order valence-electron chi connectivity index (χ3n) is 4.58. The molecule has 0 spiro atoms. The number of rotatable bonds is 10. The van der Waals surface area contributed by atoms with Crippen molar-refractivity contribution in [1.82, 2.24) is 10.0 Å². The smallest absolute Gasteiger partial charge is 0.244 e. The minimum absolute atomic E-state index is 0.0656. The van der Waals surface area contributed by atoms with Crippen molar-refractivity contribution in [2.24, 2.45) is 0 Å². The Hall–Kier alpha value is -3.56. The quantitative estimate of drug-likeness (QED) is 0.454. The van der Waals surface area contributed by atoms with Gasteiger partial charge in [-0.3, -0.25) is 4.79 Å². The number of benzene rings is 2. The number of furan rings is 1. The molecule has 1 heterocycles. The van der Waals surface area contributed by atoms with Gasteiger partial charge in [0.05, 0.1) is 31.9 Å². The molecule has 3 aromatic rings. The lowest BCUT2D eigenvalue weighted by Crippen LogP contribution is -2.22. The second kappa shape index (κ2) is 10.7. The van der Waals surface area contributed by atoms with E-state index in [9.17, 15) is 13.2 Å². The minimum atomic E-state index is -3.67. The lowest BCUT2D eigenvalue weighted by molar-refractivity contribution is -0.116. The third-order valence-corrected chi connectivity index (χ3v) is 6.00. The Labute approximate surface area is 186 Å². The van der Waals surface area contributed by atoms with Crippen molar-refractivity contribution < 1.29 is 27.1 Å². The molecule has 2 N–H and O–H groups in total. The lowest BCUT2D eigenvalue weighted by atomic mass is 10.2. The largest absolute Gasteiger partial charge is 0.497 e. The fourth-order valence-electron chi connectivity index (χ4n) is 2.83. The molecule has 0 aliphatic heterocycles. The number of amides is 1. The summed E-state index contributed by atoms with van der Waals surface area (Å²) in [6, 6.07) is 14.9. The van der Waals surface area contributed by atoms with E-state index in [1.54, 1.807) is 56.7 Å². The van der Waals surface area contributed by atoms with Crippen LogP contribution in [0.2, 0.25) is 0 Å². The van der Waals surface area contributed by atoms with Crippen molar-refractivity contribution in [2.75, 3.05) is 14.2 Å². The second-order valence-electron chi connectivity index (χ2n) is 6.70. The first-order valence-electron chi connectivity index (χ1n) is 9.70. The van der Waals surface area contributed by atoms with Crippen molar-refractivity contribution in [2.45, 2.75) is 18.0 Å². The van der Waals surface area contributed by atoms with Crippen LogP contribution in [0.3, 0.4) is 0 Å². The first-order chi connectivity index (χ1) is 15.4. The van der Waals surface area contributed by atoms with Gasteiger partial charge in [-0.1, -0.05) is 12.1 Å². The summed E-state index contributed by atoms with van der Waals surface area (Å²) in [7, 11) is -0.548. The van der Waals surface area contributed by atoms with Crippen LogP contribution in [0.15, 0.2) is 76.2 Å². The maximum atomic E-state index is 12.4. The van der Waals surface area contributed by atoms with Crippen molar-refractivity contribution in [3.8, 4) is 11.5 Å².